The Kier molecular flexibility index (Phi) is 8.80. The molecule has 1 aromatic carbocycles. The minimum atomic E-state index is -0.0922. The second kappa shape index (κ2) is 10.6. The standard InChI is InChI=1S/C18H28N2O3/c1-4-5-6-7-8-9-17(21)19-15-10-12-16(13-11-15)23-14-18(22)20(2)3/h10-13H,4-9,14H2,1-3H3,(H,19,21). The summed E-state index contributed by atoms with van der Waals surface area (Å²) in [7, 11) is 3.37. The number of benzene rings is 1. The highest BCUT2D eigenvalue weighted by molar-refractivity contribution is 5.90. The molecule has 128 valence electrons. The van der Waals surface area contributed by atoms with Crippen molar-refractivity contribution in [2.75, 3.05) is 26.0 Å². The lowest BCUT2D eigenvalue weighted by Crippen LogP contribution is -2.27. The Balaban J connectivity index is 2.30. The molecule has 0 fully saturated rings. The van der Waals surface area contributed by atoms with Crippen LogP contribution in [0.2, 0.25) is 0 Å². The molecule has 0 bridgehead atoms. The molecule has 2 amide bonds. The monoisotopic (exact) mass is 320 g/mol. The maximum absolute atomic E-state index is 11.8. The number of carbonyl (C=O) groups excluding carboxylic acids is 2. The van der Waals surface area contributed by atoms with Crippen LogP contribution in [-0.4, -0.2) is 37.4 Å². The summed E-state index contributed by atoms with van der Waals surface area (Å²) >= 11 is 0. The first-order valence-corrected chi connectivity index (χ1v) is 8.25. The van der Waals surface area contributed by atoms with Crippen LogP contribution in [0.4, 0.5) is 5.69 Å². The van der Waals surface area contributed by atoms with Crippen LogP contribution in [0.15, 0.2) is 24.3 Å². The Morgan fingerprint density at radius 2 is 1.70 bits per heavy atom. The van der Waals surface area contributed by atoms with E-state index in [0.717, 1.165) is 18.5 Å². The predicted octanol–water partition coefficient (Wildman–Crippen LogP) is 3.45. The molecule has 1 rings (SSSR count). The van der Waals surface area contributed by atoms with Crippen LogP contribution in [0.5, 0.6) is 5.75 Å². The van der Waals surface area contributed by atoms with E-state index in [1.54, 1.807) is 38.4 Å². The van der Waals surface area contributed by atoms with Crippen LogP contribution < -0.4 is 10.1 Å². The first-order valence-electron chi connectivity index (χ1n) is 8.25. The number of anilines is 1. The van der Waals surface area contributed by atoms with Crippen LogP contribution in [-0.2, 0) is 9.59 Å². The molecule has 0 aliphatic rings. The third kappa shape index (κ3) is 8.24. The molecule has 0 aliphatic heterocycles. The molecule has 1 N–H and O–H groups in total. The summed E-state index contributed by atoms with van der Waals surface area (Å²) in [5.41, 5.74) is 0.745. The van der Waals surface area contributed by atoms with Crippen LogP contribution in [0.25, 0.3) is 0 Å². The minimum absolute atomic E-state index is 0.0104. The Hall–Kier alpha value is -2.04. The molecule has 0 aliphatic carbocycles. The third-order valence-corrected chi connectivity index (χ3v) is 3.51. The van der Waals surface area contributed by atoms with Gasteiger partial charge >= 0.3 is 0 Å². The Morgan fingerprint density at radius 3 is 2.30 bits per heavy atom. The highest BCUT2D eigenvalue weighted by atomic mass is 16.5. The van der Waals surface area contributed by atoms with E-state index in [-0.39, 0.29) is 18.4 Å². The number of amides is 2. The SMILES string of the molecule is CCCCCCCC(=O)Nc1ccc(OCC(=O)N(C)C)cc1. The zero-order valence-corrected chi connectivity index (χ0v) is 14.4. The van der Waals surface area contributed by atoms with Crippen LogP contribution in [0.3, 0.4) is 0 Å². The summed E-state index contributed by atoms with van der Waals surface area (Å²) in [5, 5.41) is 2.87. The molecule has 0 unspecified atom stereocenters. The highest BCUT2D eigenvalue weighted by Crippen LogP contribution is 2.16. The molecular weight excluding hydrogens is 292 g/mol. The van der Waals surface area contributed by atoms with E-state index in [2.05, 4.69) is 12.2 Å². The summed E-state index contributed by atoms with van der Waals surface area (Å²) in [6, 6.07) is 7.06. The van der Waals surface area contributed by atoms with Crippen LogP contribution in [0, 0.1) is 0 Å². The van der Waals surface area contributed by atoms with Gasteiger partial charge in [-0.2, -0.15) is 0 Å². The molecule has 0 saturated heterocycles. The fourth-order valence-corrected chi connectivity index (χ4v) is 2.02. The lowest BCUT2D eigenvalue weighted by Gasteiger charge is -2.11. The first-order chi connectivity index (χ1) is 11.0. The fourth-order valence-electron chi connectivity index (χ4n) is 2.02. The molecule has 1 aromatic rings. The Bertz CT molecular complexity index is 484. The number of unbranched alkanes of at least 4 members (excludes halogenated alkanes) is 4. The van der Waals surface area contributed by atoms with E-state index in [1.165, 1.54) is 24.2 Å². The molecule has 0 heterocycles. The van der Waals surface area contributed by atoms with Gasteiger partial charge in [0, 0.05) is 26.2 Å². The quantitative estimate of drug-likeness (QED) is 0.672. The second-order valence-electron chi connectivity index (χ2n) is 5.81. The van der Waals surface area contributed by atoms with Crippen molar-refractivity contribution in [1.29, 1.82) is 0 Å². The number of hydrogen-bond acceptors (Lipinski definition) is 3. The zero-order valence-electron chi connectivity index (χ0n) is 14.4. The third-order valence-electron chi connectivity index (χ3n) is 3.51. The minimum Gasteiger partial charge on any atom is -0.484 e. The summed E-state index contributed by atoms with van der Waals surface area (Å²) < 4.78 is 5.39. The van der Waals surface area contributed by atoms with Crippen molar-refractivity contribution in [2.45, 2.75) is 45.4 Å². The van der Waals surface area contributed by atoms with E-state index in [0.29, 0.717) is 12.2 Å². The average Bonchev–Trinajstić information content (AvgIpc) is 2.53. The number of ether oxygens (including phenoxy) is 1. The van der Waals surface area contributed by atoms with Gasteiger partial charge in [0.1, 0.15) is 5.75 Å². The lowest BCUT2D eigenvalue weighted by molar-refractivity contribution is -0.130. The van der Waals surface area contributed by atoms with Crippen molar-refractivity contribution >= 4 is 17.5 Å². The topological polar surface area (TPSA) is 58.6 Å². The number of likely N-dealkylation sites (N-methyl/N-ethyl adjacent to an activating group) is 1. The van der Waals surface area contributed by atoms with Crippen LogP contribution >= 0.6 is 0 Å². The van der Waals surface area contributed by atoms with Gasteiger partial charge in [0.25, 0.3) is 5.91 Å². The number of carbonyl (C=O) groups is 2. The first kappa shape index (κ1) is 19.0. The highest BCUT2D eigenvalue weighted by Gasteiger charge is 2.06. The molecule has 5 heteroatoms. The smallest absolute Gasteiger partial charge is 0.259 e. The maximum Gasteiger partial charge on any atom is 0.259 e. The van der Waals surface area contributed by atoms with Gasteiger partial charge in [-0.25, -0.2) is 0 Å². The molecule has 23 heavy (non-hydrogen) atoms. The van der Waals surface area contributed by atoms with E-state index in [4.69, 9.17) is 4.74 Å². The van der Waals surface area contributed by atoms with Crippen LogP contribution in [0.1, 0.15) is 45.4 Å². The van der Waals surface area contributed by atoms with Gasteiger partial charge < -0.3 is 15.0 Å². The van der Waals surface area contributed by atoms with Gasteiger partial charge in [0.15, 0.2) is 6.61 Å². The average molecular weight is 320 g/mol. The normalized spacial score (nSPS) is 10.2. The predicted molar refractivity (Wildman–Crippen MR) is 92.6 cm³/mol. The Labute approximate surface area is 139 Å². The fraction of sp³-hybridized carbons (Fsp3) is 0.556. The number of hydrogen-bond donors (Lipinski definition) is 1. The Morgan fingerprint density at radius 1 is 1.04 bits per heavy atom. The number of nitrogens with zero attached hydrogens (tertiary/aromatic N) is 1. The summed E-state index contributed by atoms with van der Waals surface area (Å²) in [6.07, 6.45) is 6.23. The van der Waals surface area contributed by atoms with Gasteiger partial charge in [0.2, 0.25) is 5.91 Å². The van der Waals surface area contributed by atoms with E-state index in [1.807, 2.05) is 0 Å². The van der Waals surface area contributed by atoms with Gasteiger partial charge in [-0.3, -0.25) is 9.59 Å². The summed E-state index contributed by atoms with van der Waals surface area (Å²) in [5.74, 6) is 0.557. The van der Waals surface area contributed by atoms with Crippen molar-refractivity contribution in [3.05, 3.63) is 24.3 Å². The van der Waals surface area contributed by atoms with Crippen molar-refractivity contribution in [1.82, 2.24) is 4.90 Å². The van der Waals surface area contributed by atoms with Gasteiger partial charge in [-0.05, 0) is 30.7 Å². The molecule has 0 atom stereocenters. The lowest BCUT2D eigenvalue weighted by atomic mass is 10.1. The zero-order chi connectivity index (χ0) is 17.1. The molecule has 5 nitrogen and oxygen atoms in total. The van der Waals surface area contributed by atoms with Crippen molar-refractivity contribution in [2.24, 2.45) is 0 Å². The maximum atomic E-state index is 11.8. The van der Waals surface area contributed by atoms with Crippen molar-refractivity contribution < 1.29 is 14.3 Å². The van der Waals surface area contributed by atoms with E-state index >= 15 is 0 Å². The number of rotatable bonds is 10. The second-order valence-corrected chi connectivity index (χ2v) is 5.81. The molecule has 0 radical (unpaired) electrons. The molecule has 0 aromatic heterocycles. The van der Waals surface area contributed by atoms with E-state index in [9.17, 15) is 9.59 Å². The van der Waals surface area contributed by atoms with Gasteiger partial charge in [0.05, 0.1) is 0 Å². The van der Waals surface area contributed by atoms with Gasteiger partial charge in [-0.1, -0.05) is 32.6 Å². The van der Waals surface area contributed by atoms with Crippen molar-refractivity contribution in [3.63, 3.8) is 0 Å². The molecule has 0 spiro atoms. The van der Waals surface area contributed by atoms with E-state index < -0.39 is 0 Å². The molecular formula is C18H28N2O3. The largest absolute Gasteiger partial charge is 0.484 e. The number of nitrogens with one attached hydrogen (secondary N) is 1. The van der Waals surface area contributed by atoms with Crippen molar-refractivity contribution in [3.8, 4) is 5.75 Å². The van der Waals surface area contributed by atoms with Gasteiger partial charge in [-0.15, -0.1) is 0 Å². The summed E-state index contributed by atoms with van der Waals surface area (Å²) in [4.78, 5) is 24.7. The molecule has 0 saturated carbocycles. The summed E-state index contributed by atoms with van der Waals surface area (Å²) in [6.45, 7) is 2.19.